The average Bonchev–Trinajstić information content (AvgIpc) is 3.51. The summed E-state index contributed by atoms with van der Waals surface area (Å²) in [6.45, 7) is 0. The molecule has 2 heterocycles. The third-order valence-corrected chi connectivity index (χ3v) is 7.42. The first-order chi connectivity index (χ1) is 21.8. The summed E-state index contributed by atoms with van der Waals surface area (Å²) >= 11 is 0. The van der Waals surface area contributed by atoms with Gasteiger partial charge < -0.3 is 0 Å². The van der Waals surface area contributed by atoms with Crippen LogP contribution in [0.3, 0.4) is 0 Å². The van der Waals surface area contributed by atoms with Crippen LogP contribution in [0.2, 0.25) is 0 Å². The van der Waals surface area contributed by atoms with E-state index in [1.807, 2.05) is 0 Å². The van der Waals surface area contributed by atoms with Crippen LogP contribution in [0.5, 0.6) is 0 Å². The van der Waals surface area contributed by atoms with Gasteiger partial charge in [-0.05, 0) is 59.7 Å². The summed E-state index contributed by atoms with van der Waals surface area (Å²) < 4.78 is 80.4. The summed E-state index contributed by atoms with van der Waals surface area (Å²) in [5.41, 5.74) is -3.99. The molecule has 0 saturated carbocycles. The quantitative estimate of drug-likeness (QED) is 0.176. The molecule has 46 heavy (non-hydrogen) atoms. The first kappa shape index (κ1) is 30.3. The molecule has 0 fully saturated rings. The van der Waals surface area contributed by atoms with E-state index >= 15 is 0 Å². The molecule has 2 aliphatic rings. The van der Waals surface area contributed by atoms with E-state index in [0.29, 0.717) is 34.1 Å². The number of carbonyl (C=O) groups excluding carboxylic acids is 4. The van der Waals surface area contributed by atoms with Crippen molar-refractivity contribution in [3.63, 3.8) is 0 Å². The molecule has 0 aromatic heterocycles. The highest BCUT2D eigenvalue weighted by Crippen LogP contribution is 2.48. The molecule has 0 saturated heterocycles. The number of amides is 4. The number of nitrogens with zero attached hydrogens (tertiary/aromatic N) is 2. The second-order valence-corrected chi connectivity index (χ2v) is 10.2. The maximum atomic E-state index is 14.2. The number of carbonyl (C=O) groups is 4. The fourth-order valence-electron chi connectivity index (χ4n) is 5.29. The summed E-state index contributed by atoms with van der Waals surface area (Å²) in [6.07, 6.45) is -9.44. The highest BCUT2D eigenvalue weighted by Gasteiger charge is 2.52. The van der Waals surface area contributed by atoms with Crippen LogP contribution in [0.1, 0.15) is 43.0 Å². The van der Waals surface area contributed by atoms with Crippen molar-refractivity contribution >= 4 is 35.0 Å². The number of imide groups is 2. The van der Waals surface area contributed by atoms with Crippen LogP contribution < -0.4 is 0 Å². The Bertz CT molecular complexity index is 1820. The van der Waals surface area contributed by atoms with Gasteiger partial charge in [0.05, 0.1) is 33.7 Å². The van der Waals surface area contributed by atoms with E-state index in [2.05, 4.69) is 0 Å². The van der Waals surface area contributed by atoms with Gasteiger partial charge in [0.15, 0.2) is 0 Å². The second-order valence-electron chi connectivity index (χ2n) is 10.2. The molecule has 12 heteroatoms. The van der Waals surface area contributed by atoms with Crippen LogP contribution in [-0.4, -0.2) is 33.4 Å². The molecule has 0 atom stereocenters. The molecule has 0 bridgehead atoms. The van der Waals surface area contributed by atoms with Gasteiger partial charge in [-0.2, -0.15) is 26.3 Å². The SMILES string of the molecule is O=C1C2=C(c3ccc(C(F)(F)F)cc3)N(C(=O)c3ccccc3)C(=O)C2=C(c2ccc(C(F)(F)F)cc2)N1C(=O)c1ccccc1. The Balaban J connectivity index is 1.63. The maximum absolute atomic E-state index is 14.2. The fraction of sp³-hybridized carbons (Fsp3) is 0.0588. The van der Waals surface area contributed by atoms with Crippen molar-refractivity contribution in [2.75, 3.05) is 0 Å². The molecule has 2 aliphatic heterocycles. The molecule has 0 aliphatic carbocycles. The molecule has 0 radical (unpaired) electrons. The molecule has 6 nitrogen and oxygen atoms in total. The lowest BCUT2D eigenvalue weighted by atomic mass is 10.0. The Morgan fingerprint density at radius 1 is 0.457 bits per heavy atom. The summed E-state index contributed by atoms with van der Waals surface area (Å²) in [6, 6.07) is 21.6. The Morgan fingerprint density at radius 3 is 1.04 bits per heavy atom. The number of benzene rings is 4. The first-order valence-corrected chi connectivity index (χ1v) is 13.5. The Labute approximate surface area is 256 Å². The first-order valence-electron chi connectivity index (χ1n) is 13.5. The van der Waals surface area contributed by atoms with Crippen molar-refractivity contribution in [2.24, 2.45) is 0 Å². The molecule has 0 N–H and O–H groups in total. The third kappa shape index (κ3) is 5.07. The van der Waals surface area contributed by atoms with E-state index in [1.165, 1.54) is 48.5 Å². The Kier molecular flexibility index (Phi) is 7.22. The van der Waals surface area contributed by atoms with Crippen molar-refractivity contribution in [1.29, 1.82) is 0 Å². The van der Waals surface area contributed by atoms with Crippen LogP contribution in [0.25, 0.3) is 11.4 Å². The zero-order valence-electron chi connectivity index (χ0n) is 23.2. The van der Waals surface area contributed by atoms with Gasteiger partial charge >= 0.3 is 12.4 Å². The molecule has 4 aromatic carbocycles. The Morgan fingerprint density at radius 2 is 0.761 bits per heavy atom. The average molecular weight is 633 g/mol. The highest BCUT2D eigenvalue weighted by molar-refractivity contribution is 6.37. The van der Waals surface area contributed by atoms with Gasteiger partial charge in [0.1, 0.15) is 0 Å². The van der Waals surface area contributed by atoms with Gasteiger partial charge in [-0.1, -0.05) is 60.7 Å². The lowest BCUT2D eigenvalue weighted by Gasteiger charge is -2.24. The standard InChI is InChI=1S/C34H18F6N2O4/c35-33(36,37)23-15-11-19(12-16-23)27-25-26(31(45)41(27)29(43)21-7-3-1-4-8-21)28(20-13-17-24(18-14-20)34(38,39)40)42(32(25)46)30(44)22-9-5-2-6-10-22/h1-18H. The lowest BCUT2D eigenvalue weighted by Crippen LogP contribution is -2.36. The predicted molar refractivity (Wildman–Crippen MR) is 152 cm³/mol. The maximum Gasteiger partial charge on any atom is 0.416 e. The van der Waals surface area contributed by atoms with Crippen LogP contribution in [0.4, 0.5) is 26.3 Å². The number of hydrogen-bond donors (Lipinski definition) is 0. The normalized spacial score (nSPS) is 15.2. The second kappa shape index (κ2) is 11.0. The molecular formula is C34H18F6N2O4. The number of fused-ring (bicyclic) bond motifs is 1. The number of alkyl halides is 6. The zero-order valence-corrected chi connectivity index (χ0v) is 23.2. The molecular weight excluding hydrogens is 614 g/mol. The molecule has 4 amide bonds. The van der Waals surface area contributed by atoms with E-state index in [4.69, 9.17) is 0 Å². The minimum atomic E-state index is -4.72. The summed E-state index contributed by atoms with van der Waals surface area (Å²) in [5.74, 6) is -4.03. The van der Waals surface area contributed by atoms with Gasteiger partial charge in [0.25, 0.3) is 23.6 Å². The zero-order chi connectivity index (χ0) is 33.0. The molecule has 0 spiro atoms. The highest BCUT2D eigenvalue weighted by atomic mass is 19.4. The van der Waals surface area contributed by atoms with Crippen molar-refractivity contribution in [3.05, 3.63) is 154 Å². The minimum Gasteiger partial charge on any atom is -0.268 e. The molecule has 230 valence electrons. The third-order valence-electron chi connectivity index (χ3n) is 7.42. The lowest BCUT2D eigenvalue weighted by molar-refractivity contribution is -0.138. The van der Waals surface area contributed by atoms with Crippen LogP contribution >= 0.6 is 0 Å². The van der Waals surface area contributed by atoms with E-state index in [1.54, 1.807) is 12.1 Å². The Hall–Kier alpha value is -5.78. The largest absolute Gasteiger partial charge is 0.416 e. The van der Waals surface area contributed by atoms with Crippen LogP contribution in [0.15, 0.2) is 120 Å². The van der Waals surface area contributed by atoms with Gasteiger partial charge in [-0.15, -0.1) is 0 Å². The topological polar surface area (TPSA) is 74.8 Å². The summed E-state index contributed by atoms with van der Waals surface area (Å²) in [7, 11) is 0. The predicted octanol–water partition coefficient (Wildman–Crippen LogP) is 7.21. The van der Waals surface area contributed by atoms with Crippen LogP contribution in [-0.2, 0) is 21.9 Å². The van der Waals surface area contributed by atoms with Crippen LogP contribution in [0, 0.1) is 0 Å². The van der Waals surface area contributed by atoms with Gasteiger partial charge in [-0.25, -0.2) is 9.80 Å². The smallest absolute Gasteiger partial charge is 0.268 e. The van der Waals surface area contributed by atoms with Crippen molar-refractivity contribution in [3.8, 4) is 0 Å². The van der Waals surface area contributed by atoms with Crippen molar-refractivity contribution in [1.82, 2.24) is 9.80 Å². The fourth-order valence-corrected chi connectivity index (χ4v) is 5.29. The summed E-state index contributed by atoms with van der Waals surface area (Å²) in [5, 5.41) is 0. The minimum absolute atomic E-state index is 0.00202. The van der Waals surface area contributed by atoms with E-state index in [0.717, 1.165) is 24.3 Å². The summed E-state index contributed by atoms with van der Waals surface area (Å²) in [4.78, 5) is 57.3. The van der Waals surface area contributed by atoms with E-state index < -0.39 is 58.3 Å². The number of halogens is 6. The van der Waals surface area contributed by atoms with Gasteiger partial charge in [0.2, 0.25) is 0 Å². The van der Waals surface area contributed by atoms with Crippen molar-refractivity contribution < 1.29 is 45.5 Å². The van der Waals surface area contributed by atoms with Gasteiger partial charge in [0, 0.05) is 11.1 Å². The van der Waals surface area contributed by atoms with E-state index in [9.17, 15) is 45.5 Å². The number of hydrogen-bond acceptors (Lipinski definition) is 4. The molecule has 6 rings (SSSR count). The monoisotopic (exact) mass is 632 g/mol. The van der Waals surface area contributed by atoms with E-state index in [-0.39, 0.29) is 33.6 Å². The number of rotatable bonds is 4. The van der Waals surface area contributed by atoms with Crippen molar-refractivity contribution in [2.45, 2.75) is 12.4 Å². The van der Waals surface area contributed by atoms with Gasteiger partial charge in [-0.3, -0.25) is 19.2 Å². The molecule has 4 aromatic rings. The molecule has 0 unspecified atom stereocenters.